The molecule has 0 saturated heterocycles. The zero-order valence-corrected chi connectivity index (χ0v) is 8.29. The number of carbonyl (C=O) groups excluding carboxylic acids is 1. The second kappa shape index (κ2) is 5.23. The van der Waals surface area contributed by atoms with E-state index in [-0.39, 0.29) is 6.04 Å². The molecule has 1 amide bonds. The summed E-state index contributed by atoms with van der Waals surface area (Å²) in [5.41, 5.74) is 1.98. The Hall–Kier alpha value is -1.56. The second-order valence-electron chi connectivity index (χ2n) is 3.49. The molecule has 0 fully saturated rings. The third kappa shape index (κ3) is 3.06. The predicted molar refractivity (Wildman–Crippen MR) is 54.3 cm³/mol. The number of nitrogens with zero attached hydrogens (tertiary/aromatic N) is 1. The second-order valence-corrected chi connectivity index (χ2v) is 3.49. The lowest BCUT2D eigenvalue weighted by molar-refractivity contribution is -0.110. The first-order valence-electron chi connectivity index (χ1n) is 4.75. The van der Waals surface area contributed by atoms with E-state index in [1.807, 2.05) is 13.0 Å². The van der Waals surface area contributed by atoms with Gasteiger partial charge in [-0.05, 0) is 37.8 Å². The first kappa shape index (κ1) is 10.5. The summed E-state index contributed by atoms with van der Waals surface area (Å²) < 4.78 is 0. The Kier molecular flexibility index (Phi) is 3.93. The Morgan fingerprint density at radius 2 is 2.57 bits per heavy atom. The van der Waals surface area contributed by atoms with Crippen molar-refractivity contribution < 1.29 is 4.79 Å². The van der Waals surface area contributed by atoms with Crippen molar-refractivity contribution in [1.82, 2.24) is 5.32 Å². The van der Waals surface area contributed by atoms with Gasteiger partial charge >= 0.3 is 0 Å². The van der Waals surface area contributed by atoms with Crippen molar-refractivity contribution >= 4 is 6.41 Å². The molecule has 1 unspecified atom stereocenters. The summed E-state index contributed by atoms with van der Waals surface area (Å²) in [6, 6.07) is 2.30. The van der Waals surface area contributed by atoms with Crippen LogP contribution in [0.1, 0.15) is 26.2 Å². The van der Waals surface area contributed by atoms with Gasteiger partial charge in [-0.1, -0.05) is 6.08 Å². The van der Waals surface area contributed by atoms with Crippen LogP contribution >= 0.6 is 0 Å². The molecule has 14 heavy (non-hydrogen) atoms. The fourth-order valence-corrected chi connectivity index (χ4v) is 1.53. The summed E-state index contributed by atoms with van der Waals surface area (Å²) in [5.74, 6) is 0. The highest BCUT2D eigenvalue weighted by atomic mass is 16.1. The maximum Gasteiger partial charge on any atom is 0.207 e. The summed E-state index contributed by atoms with van der Waals surface area (Å²) in [6.07, 6.45) is 7.33. The third-order valence-electron chi connectivity index (χ3n) is 2.22. The van der Waals surface area contributed by atoms with Crippen LogP contribution < -0.4 is 5.32 Å². The van der Waals surface area contributed by atoms with Crippen LogP contribution in [0.3, 0.4) is 0 Å². The number of rotatable bonds is 4. The number of carbonyl (C=O) groups is 1. The molecule has 1 aliphatic rings. The van der Waals surface area contributed by atoms with E-state index in [0.717, 1.165) is 30.4 Å². The van der Waals surface area contributed by atoms with E-state index in [1.54, 1.807) is 0 Å². The Morgan fingerprint density at radius 3 is 3.21 bits per heavy atom. The van der Waals surface area contributed by atoms with Gasteiger partial charge in [0.2, 0.25) is 6.41 Å². The van der Waals surface area contributed by atoms with Crippen LogP contribution in [-0.4, -0.2) is 12.5 Å². The van der Waals surface area contributed by atoms with E-state index in [0.29, 0.717) is 6.41 Å². The van der Waals surface area contributed by atoms with E-state index in [9.17, 15) is 4.79 Å². The summed E-state index contributed by atoms with van der Waals surface area (Å²) in [7, 11) is 0. The van der Waals surface area contributed by atoms with Crippen molar-refractivity contribution in [1.29, 1.82) is 5.26 Å². The summed E-state index contributed by atoms with van der Waals surface area (Å²) in [5, 5.41) is 11.4. The van der Waals surface area contributed by atoms with Crippen LogP contribution in [-0.2, 0) is 4.79 Å². The molecule has 0 spiro atoms. The predicted octanol–water partition coefficient (Wildman–Crippen LogP) is 1.68. The van der Waals surface area contributed by atoms with E-state index >= 15 is 0 Å². The standard InChI is InChI=1S/C11H14N2O/c1-9(13-8-14)5-10-3-2-4-11(6-10)7-12/h3,6,8-9H,2,4-5H2,1H3,(H,13,14). The van der Waals surface area contributed by atoms with Crippen LogP contribution in [0.15, 0.2) is 23.3 Å². The minimum absolute atomic E-state index is 0.132. The molecule has 0 radical (unpaired) electrons. The number of hydrogen-bond donors (Lipinski definition) is 1. The zero-order chi connectivity index (χ0) is 10.4. The molecule has 1 aliphatic carbocycles. The van der Waals surface area contributed by atoms with E-state index in [4.69, 9.17) is 5.26 Å². The van der Waals surface area contributed by atoms with Crippen molar-refractivity contribution in [3.63, 3.8) is 0 Å². The molecule has 0 aromatic heterocycles. The molecular formula is C11H14N2O. The lowest BCUT2D eigenvalue weighted by Crippen LogP contribution is -2.24. The molecule has 0 saturated carbocycles. The Balaban J connectivity index is 2.54. The van der Waals surface area contributed by atoms with E-state index in [1.165, 1.54) is 0 Å². The first-order valence-corrected chi connectivity index (χ1v) is 4.75. The van der Waals surface area contributed by atoms with Crippen molar-refractivity contribution in [2.75, 3.05) is 0 Å². The molecule has 0 heterocycles. The van der Waals surface area contributed by atoms with Crippen molar-refractivity contribution in [2.45, 2.75) is 32.2 Å². The summed E-state index contributed by atoms with van der Waals surface area (Å²) >= 11 is 0. The summed E-state index contributed by atoms with van der Waals surface area (Å²) in [4.78, 5) is 10.2. The van der Waals surface area contributed by atoms with E-state index < -0.39 is 0 Å². The number of amides is 1. The van der Waals surface area contributed by atoms with Gasteiger partial charge in [0.1, 0.15) is 0 Å². The topological polar surface area (TPSA) is 52.9 Å². The Labute approximate surface area is 84.1 Å². The molecule has 0 aromatic carbocycles. The zero-order valence-electron chi connectivity index (χ0n) is 8.29. The maximum atomic E-state index is 10.2. The van der Waals surface area contributed by atoms with Gasteiger partial charge in [-0.15, -0.1) is 0 Å². The fourth-order valence-electron chi connectivity index (χ4n) is 1.53. The minimum atomic E-state index is 0.132. The highest BCUT2D eigenvalue weighted by Gasteiger charge is 2.07. The number of nitrogens with one attached hydrogen (secondary N) is 1. The van der Waals surface area contributed by atoms with Crippen LogP contribution in [0.25, 0.3) is 0 Å². The molecule has 0 aliphatic heterocycles. The average molecular weight is 190 g/mol. The molecule has 3 heteroatoms. The largest absolute Gasteiger partial charge is 0.356 e. The van der Waals surface area contributed by atoms with Crippen LogP contribution in [0.4, 0.5) is 0 Å². The summed E-state index contributed by atoms with van der Waals surface area (Å²) in [6.45, 7) is 1.95. The fraction of sp³-hybridized carbons (Fsp3) is 0.455. The van der Waals surface area contributed by atoms with Crippen LogP contribution in [0.5, 0.6) is 0 Å². The third-order valence-corrected chi connectivity index (χ3v) is 2.22. The SMILES string of the molecule is CC(CC1=CCCC(C#N)=C1)NC=O. The molecule has 0 aromatic rings. The molecule has 1 atom stereocenters. The first-order chi connectivity index (χ1) is 6.76. The molecule has 3 nitrogen and oxygen atoms in total. The van der Waals surface area contributed by atoms with E-state index in [2.05, 4.69) is 17.5 Å². The minimum Gasteiger partial charge on any atom is -0.356 e. The molecule has 1 N–H and O–H groups in total. The molecule has 1 rings (SSSR count). The van der Waals surface area contributed by atoms with Crippen LogP contribution in [0.2, 0.25) is 0 Å². The van der Waals surface area contributed by atoms with Crippen LogP contribution in [0, 0.1) is 11.3 Å². The number of allylic oxidation sites excluding steroid dienone is 3. The molecule has 74 valence electrons. The lowest BCUT2D eigenvalue weighted by Gasteiger charge is -2.13. The van der Waals surface area contributed by atoms with Gasteiger partial charge in [0.05, 0.1) is 6.07 Å². The van der Waals surface area contributed by atoms with Crippen molar-refractivity contribution in [3.8, 4) is 6.07 Å². The normalized spacial score (nSPS) is 17.4. The number of nitriles is 1. The highest BCUT2D eigenvalue weighted by Crippen LogP contribution is 2.19. The number of hydrogen-bond acceptors (Lipinski definition) is 2. The molecule has 0 bridgehead atoms. The maximum absolute atomic E-state index is 10.2. The average Bonchev–Trinajstić information content (AvgIpc) is 2.18. The van der Waals surface area contributed by atoms with Gasteiger partial charge in [-0.25, -0.2) is 0 Å². The van der Waals surface area contributed by atoms with Gasteiger partial charge in [0.15, 0.2) is 0 Å². The van der Waals surface area contributed by atoms with Gasteiger partial charge in [-0.2, -0.15) is 5.26 Å². The van der Waals surface area contributed by atoms with Gasteiger partial charge < -0.3 is 5.32 Å². The molecular weight excluding hydrogens is 176 g/mol. The smallest absolute Gasteiger partial charge is 0.207 e. The monoisotopic (exact) mass is 190 g/mol. The lowest BCUT2D eigenvalue weighted by atomic mass is 9.96. The quantitative estimate of drug-likeness (QED) is 0.686. The van der Waals surface area contributed by atoms with Gasteiger partial charge in [0, 0.05) is 11.6 Å². The Bertz CT molecular complexity index is 310. The highest BCUT2D eigenvalue weighted by molar-refractivity contribution is 5.47. The van der Waals surface area contributed by atoms with Gasteiger partial charge in [0.25, 0.3) is 0 Å². The van der Waals surface area contributed by atoms with Gasteiger partial charge in [-0.3, -0.25) is 4.79 Å². The Morgan fingerprint density at radius 1 is 1.79 bits per heavy atom. The van der Waals surface area contributed by atoms with Crippen molar-refractivity contribution in [2.24, 2.45) is 0 Å². The van der Waals surface area contributed by atoms with Crippen molar-refractivity contribution in [3.05, 3.63) is 23.3 Å².